The van der Waals surface area contributed by atoms with Crippen LogP contribution in [0.2, 0.25) is 0 Å². The molecule has 2 rings (SSSR count). The first-order valence-corrected chi connectivity index (χ1v) is 6.07. The van der Waals surface area contributed by atoms with Gasteiger partial charge in [0.2, 0.25) is 0 Å². The van der Waals surface area contributed by atoms with Crippen LogP contribution in [0.4, 0.5) is 0 Å². The molecule has 1 aromatic heterocycles. The van der Waals surface area contributed by atoms with Gasteiger partial charge < -0.3 is 4.90 Å². The Balaban J connectivity index is 2.25. The van der Waals surface area contributed by atoms with Gasteiger partial charge in [-0.1, -0.05) is 6.58 Å². The molecule has 1 nitrogen and oxygen atoms in total. The Morgan fingerprint density at radius 3 is 2.50 bits per heavy atom. The highest BCUT2D eigenvalue weighted by atomic mass is 32.1. The average molecular weight is 207 g/mol. The molecule has 1 aliphatic heterocycles. The molecule has 0 spiro atoms. The molecule has 1 saturated heterocycles. The molecule has 14 heavy (non-hydrogen) atoms. The minimum Gasteiger partial charge on any atom is -0.371 e. The van der Waals surface area contributed by atoms with Gasteiger partial charge in [-0.25, -0.2) is 0 Å². The summed E-state index contributed by atoms with van der Waals surface area (Å²) in [5, 5.41) is 2.23. The molecule has 0 atom stereocenters. The second kappa shape index (κ2) is 3.77. The third kappa shape index (κ3) is 1.59. The maximum atomic E-state index is 4.23. The van der Waals surface area contributed by atoms with Crippen molar-refractivity contribution in [1.82, 2.24) is 4.90 Å². The third-order valence-electron chi connectivity index (χ3n) is 2.94. The van der Waals surface area contributed by atoms with Crippen molar-refractivity contribution in [2.75, 3.05) is 13.1 Å². The van der Waals surface area contributed by atoms with Gasteiger partial charge in [-0.3, -0.25) is 0 Å². The molecule has 76 valence electrons. The van der Waals surface area contributed by atoms with E-state index in [1.807, 2.05) is 11.3 Å². The van der Waals surface area contributed by atoms with E-state index in [1.54, 1.807) is 0 Å². The van der Waals surface area contributed by atoms with Crippen LogP contribution in [0.25, 0.3) is 5.70 Å². The molecular formula is C12H17NS. The van der Waals surface area contributed by atoms with E-state index in [0.717, 1.165) is 0 Å². The van der Waals surface area contributed by atoms with Crippen molar-refractivity contribution in [2.24, 2.45) is 0 Å². The normalized spacial score (nSPS) is 16.3. The Morgan fingerprint density at radius 2 is 2.00 bits per heavy atom. The summed E-state index contributed by atoms with van der Waals surface area (Å²) in [4.78, 5) is 3.82. The Morgan fingerprint density at radius 1 is 1.36 bits per heavy atom. The molecule has 1 aliphatic rings. The molecule has 1 aromatic rings. The highest BCUT2D eigenvalue weighted by molar-refractivity contribution is 7.10. The van der Waals surface area contributed by atoms with Crippen molar-refractivity contribution in [3.63, 3.8) is 0 Å². The second-order valence-electron chi connectivity index (χ2n) is 3.99. The van der Waals surface area contributed by atoms with E-state index in [4.69, 9.17) is 0 Å². The summed E-state index contributed by atoms with van der Waals surface area (Å²) in [5.41, 5.74) is 4.00. The van der Waals surface area contributed by atoms with Gasteiger partial charge in [0, 0.05) is 29.2 Å². The quantitative estimate of drug-likeness (QED) is 0.718. The highest BCUT2D eigenvalue weighted by Gasteiger charge is 2.17. The van der Waals surface area contributed by atoms with E-state index in [9.17, 15) is 0 Å². The Kier molecular flexibility index (Phi) is 2.64. The zero-order chi connectivity index (χ0) is 10.1. The molecule has 2 heterocycles. The molecular weight excluding hydrogens is 190 g/mol. The minimum atomic E-state index is 1.19. The lowest BCUT2D eigenvalue weighted by atomic mass is 10.1. The molecule has 0 aromatic carbocycles. The van der Waals surface area contributed by atoms with Crippen molar-refractivity contribution < 1.29 is 0 Å². The fourth-order valence-electron chi connectivity index (χ4n) is 2.15. The van der Waals surface area contributed by atoms with Crippen LogP contribution in [-0.2, 0) is 0 Å². The van der Waals surface area contributed by atoms with Crippen LogP contribution >= 0.6 is 11.3 Å². The largest absolute Gasteiger partial charge is 0.371 e. The van der Waals surface area contributed by atoms with Gasteiger partial charge in [-0.15, -0.1) is 11.3 Å². The number of nitrogens with zero attached hydrogens (tertiary/aromatic N) is 1. The number of aryl methyl sites for hydroxylation is 2. The van der Waals surface area contributed by atoms with E-state index in [2.05, 4.69) is 30.7 Å². The summed E-state index contributed by atoms with van der Waals surface area (Å²) in [7, 11) is 0. The van der Waals surface area contributed by atoms with Gasteiger partial charge >= 0.3 is 0 Å². The predicted molar refractivity (Wildman–Crippen MR) is 63.6 cm³/mol. The maximum absolute atomic E-state index is 4.23. The molecule has 0 aliphatic carbocycles. The molecule has 1 fully saturated rings. The average Bonchev–Trinajstić information content (AvgIpc) is 2.75. The number of rotatable bonds is 2. The molecule has 0 bridgehead atoms. The molecule has 0 amide bonds. The fraction of sp³-hybridized carbons (Fsp3) is 0.500. The van der Waals surface area contributed by atoms with Crippen LogP contribution in [0.1, 0.15) is 28.8 Å². The smallest absolute Gasteiger partial charge is 0.0380 e. The van der Waals surface area contributed by atoms with Crippen molar-refractivity contribution in [3.8, 4) is 0 Å². The van der Waals surface area contributed by atoms with Crippen LogP contribution in [0.3, 0.4) is 0 Å². The van der Waals surface area contributed by atoms with E-state index in [-0.39, 0.29) is 0 Å². The van der Waals surface area contributed by atoms with Crippen molar-refractivity contribution in [3.05, 3.63) is 28.0 Å². The lowest BCUT2D eigenvalue weighted by Crippen LogP contribution is -2.17. The first-order valence-electron chi connectivity index (χ1n) is 5.19. The summed E-state index contributed by atoms with van der Waals surface area (Å²) in [6.07, 6.45) is 2.64. The summed E-state index contributed by atoms with van der Waals surface area (Å²) >= 11 is 1.83. The van der Waals surface area contributed by atoms with Crippen LogP contribution in [-0.4, -0.2) is 18.0 Å². The number of thiophene rings is 1. The monoisotopic (exact) mass is 207 g/mol. The predicted octanol–water partition coefficient (Wildman–Crippen LogP) is 3.43. The highest BCUT2D eigenvalue weighted by Crippen LogP contribution is 2.30. The van der Waals surface area contributed by atoms with E-state index < -0.39 is 0 Å². The van der Waals surface area contributed by atoms with Crippen LogP contribution in [0, 0.1) is 13.8 Å². The van der Waals surface area contributed by atoms with Crippen molar-refractivity contribution in [1.29, 1.82) is 0 Å². The number of hydrogen-bond acceptors (Lipinski definition) is 2. The Bertz CT molecular complexity index is 326. The van der Waals surface area contributed by atoms with E-state index >= 15 is 0 Å². The minimum absolute atomic E-state index is 1.19. The summed E-state index contributed by atoms with van der Waals surface area (Å²) in [5.74, 6) is 0. The SMILES string of the molecule is C=C(c1c(C)csc1C)N1CCCC1. The van der Waals surface area contributed by atoms with Gasteiger partial charge in [0.25, 0.3) is 0 Å². The van der Waals surface area contributed by atoms with Gasteiger partial charge in [0.05, 0.1) is 0 Å². The first kappa shape index (κ1) is 9.78. The van der Waals surface area contributed by atoms with E-state index in [0.29, 0.717) is 0 Å². The number of hydrogen-bond donors (Lipinski definition) is 0. The van der Waals surface area contributed by atoms with Crippen molar-refractivity contribution in [2.45, 2.75) is 26.7 Å². The van der Waals surface area contributed by atoms with Gasteiger partial charge in [-0.2, -0.15) is 0 Å². The van der Waals surface area contributed by atoms with Crippen LogP contribution in [0.15, 0.2) is 12.0 Å². The molecule has 2 heteroatoms. The topological polar surface area (TPSA) is 3.24 Å². The molecule has 0 N–H and O–H groups in total. The summed E-state index contributed by atoms with van der Waals surface area (Å²) < 4.78 is 0. The molecule has 0 unspecified atom stereocenters. The summed E-state index contributed by atoms with van der Waals surface area (Å²) in [6, 6.07) is 0. The Hall–Kier alpha value is -0.760. The zero-order valence-electron chi connectivity index (χ0n) is 8.97. The first-order chi connectivity index (χ1) is 6.70. The Labute approximate surface area is 90.1 Å². The van der Waals surface area contributed by atoms with Crippen LogP contribution in [0.5, 0.6) is 0 Å². The second-order valence-corrected chi connectivity index (χ2v) is 5.07. The van der Waals surface area contributed by atoms with Gasteiger partial charge in [0.1, 0.15) is 0 Å². The zero-order valence-corrected chi connectivity index (χ0v) is 9.78. The van der Waals surface area contributed by atoms with Crippen LogP contribution < -0.4 is 0 Å². The van der Waals surface area contributed by atoms with Gasteiger partial charge in [-0.05, 0) is 37.6 Å². The maximum Gasteiger partial charge on any atom is 0.0380 e. The lowest BCUT2D eigenvalue weighted by Gasteiger charge is -2.21. The lowest BCUT2D eigenvalue weighted by molar-refractivity contribution is 0.494. The summed E-state index contributed by atoms with van der Waals surface area (Å²) in [6.45, 7) is 11.0. The number of likely N-dealkylation sites (tertiary alicyclic amines) is 1. The third-order valence-corrected chi connectivity index (χ3v) is 3.96. The molecule has 0 saturated carbocycles. The standard InChI is InChI=1S/C12H17NS/c1-9-8-14-11(3)12(9)10(2)13-6-4-5-7-13/h8H,2,4-7H2,1,3H3. The van der Waals surface area contributed by atoms with Gasteiger partial charge in [0.15, 0.2) is 0 Å². The van der Waals surface area contributed by atoms with Crippen molar-refractivity contribution >= 4 is 17.0 Å². The van der Waals surface area contributed by atoms with E-state index in [1.165, 1.54) is 47.6 Å². The fourth-order valence-corrected chi connectivity index (χ4v) is 3.02. The molecule has 0 radical (unpaired) electrons.